The second kappa shape index (κ2) is 8.45. The average molecular weight is 373 g/mol. The van der Waals surface area contributed by atoms with Gasteiger partial charge in [0.05, 0.1) is 18.0 Å². The topological polar surface area (TPSA) is 77.3 Å². The van der Waals surface area contributed by atoms with Gasteiger partial charge in [0.2, 0.25) is 0 Å². The van der Waals surface area contributed by atoms with Gasteiger partial charge in [0.1, 0.15) is 17.1 Å². The minimum atomic E-state index is -0.429. The summed E-state index contributed by atoms with van der Waals surface area (Å²) in [6.45, 7) is 3.86. The molecule has 0 fully saturated rings. The molecule has 3 aromatic rings. The summed E-state index contributed by atoms with van der Waals surface area (Å²) in [5.41, 5.74) is 9.06. The van der Waals surface area contributed by atoms with Crippen LogP contribution in [0.25, 0.3) is 11.3 Å². The van der Waals surface area contributed by atoms with Crippen LogP contribution in [0.4, 0.5) is 5.69 Å². The number of hydrogen-bond donors (Lipinski definition) is 2. The number of benzene rings is 2. The van der Waals surface area contributed by atoms with Gasteiger partial charge in [0.25, 0.3) is 0 Å². The van der Waals surface area contributed by atoms with E-state index in [0.717, 1.165) is 11.3 Å². The zero-order valence-electron chi connectivity index (χ0n) is 14.6. The van der Waals surface area contributed by atoms with E-state index in [1.54, 1.807) is 13.8 Å². The summed E-state index contributed by atoms with van der Waals surface area (Å²) < 4.78 is 11.1. The Balaban J connectivity index is 0.00000243. The zero-order chi connectivity index (χ0) is 17.8. The van der Waals surface area contributed by atoms with Crippen LogP contribution in [0.2, 0.25) is 0 Å². The molecule has 0 aliphatic rings. The van der Waals surface area contributed by atoms with E-state index in [2.05, 4.69) is 4.98 Å². The number of hydrogen-bond acceptors (Lipinski definition) is 4. The molecule has 26 heavy (non-hydrogen) atoms. The molecule has 0 saturated carbocycles. The van der Waals surface area contributed by atoms with Crippen molar-refractivity contribution in [1.29, 1.82) is 0 Å². The molecule has 0 saturated heterocycles. The molecule has 3 rings (SSSR count). The van der Waals surface area contributed by atoms with Gasteiger partial charge in [0, 0.05) is 11.3 Å². The summed E-state index contributed by atoms with van der Waals surface area (Å²) in [4.78, 5) is 15.3. The second-order valence-electron chi connectivity index (χ2n) is 5.55. The first-order valence-corrected chi connectivity index (χ1v) is 8.09. The predicted molar refractivity (Wildman–Crippen MR) is 105 cm³/mol. The number of carbonyl (C=O) groups excluding carboxylic acids is 1. The van der Waals surface area contributed by atoms with Gasteiger partial charge in [-0.1, -0.05) is 30.3 Å². The molecule has 5 nitrogen and oxygen atoms in total. The molecular weight excluding hydrogens is 352 g/mol. The first-order chi connectivity index (χ1) is 12.1. The molecule has 0 radical (unpaired) electrons. The molecule has 136 valence electrons. The minimum Gasteiger partial charge on any atom is -0.462 e. The lowest BCUT2D eigenvalue weighted by molar-refractivity contribution is 0.0527. The molecular formula is C20H21ClN2O3. The second-order valence-corrected chi connectivity index (χ2v) is 5.55. The fourth-order valence-electron chi connectivity index (χ4n) is 2.70. The van der Waals surface area contributed by atoms with Crippen LogP contribution in [0.5, 0.6) is 11.5 Å². The Morgan fingerprint density at radius 1 is 1.08 bits per heavy atom. The highest BCUT2D eigenvalue weighted by atomic mass is 35.5. The number of carbonyl (C=O) groups is 1. The quantitative estimate of drug-likeness (QED) is 0.620. The van der Waals surface area contributed by atoms with Gasteiger partial charge in [-0.3, -0.25) is 0 Å². The Morgan fingerprint density at radius 3 is 2.42 bits per heavy atom. The highest BCUT2D eigenvalue weighted by Gasteiger charge is 2.22. The summed E-state index contributed by atoms with van der Waals surface area (Å²) in [7, 11) is 0. The van der Waals surface area contributed by atoms with Crippen molar-refractivity contribution in [2.45, 2.75) is 13.8 Å². The van der Waals surface area contributed by atoms with Gasteiger partial charge in [-0.2, -0.15) is 0 Å². The third-order valence-electron chi connectivity index (χ3n) is 3.83. The van der Waals surface area contributed by atoms with E-state index in [4.69, 9.17) is 15.2 Å². The summed E-state index contributed by atoms with van der Waals surface area (Å²) in [6.07, 6.45) is 0. The molecule has 0 bridgehead atoms. The maximum atomic E-state index is 12.2. The lowest BCUT2D eigenvalue weighted by Crippen LogP contribution is -2.07. The van der Waals surface area contributed by atoms with E-state index < -0.39 is 5.97 Å². The van der Waals surface area contributed by atoms with Crippen molar-refractivity contribution in [2.75, 3.05) is 12.3 Å². The molecule has 1 aromatic heterocycles. The number of H-pyrrole nitrogens is 1. The molecule has 0 spiro atoms. The molecule has 0 aliphatic heterocycles. The number of aromatic amines is 1. The maximum Gasteiger partial charge on any atom is 0.342 e. The molecule has 6 heteroatoms. The van der Waals surface area contributed by atoms with E-state index in [9.17, 15) is 4.79 Å². The van der Waals surface area contributed by atoms with Gasteiger partial charge >= 0.3 is 5.97 Å². The van der Waals surface area contributed by atoms with Gasteiger partial charge in [-0.15, -0.1) is 12.4 Å². The van der Waals surface area contributed by atoms with Crippen molar-refractivity contribution in [2.24, 2.45) is 0 Å². The molecule has 3 N–H and O–H groups in total. The van der Waals surface area contributed by atoms with Crippen molar-refractivity contribution in [3.63, 3.8) is 0 Å². The summed E-state index contributed by atoms with van der Waals surface area (Å²) in [5.74, 6) is 0.945. The maximum absolute atomic E-state index is 12.2. The molecule has 2 aromatic carbocycles. The highest BCUT2D eigenvalue weighted by Crippen LogP contribution is 2.38. The number of rotatable bonds is 5. The van der Waals surface area contributed by atoms with E-state index in [1.807, 2.05) is 54.6 Å². The van der Waals surface area contributed by atoms with Crippen molar-refractivity contribution in [3.05, 3.63) is 65.9 Å². The van der Waals surface area contributed by atoms with Gasteiger partial charge in [-0.05, 0) is 38.1 Å². The van der Waals surface area contributed by atoms with Crippen LogP contribution in [0, 0.1) is 6.92 Å². The summed E-state index contributed by atoms with van der Waals surface area (Å²) in [5, 5.41) is 0. The first kappa shape index (κ1) is 19.4. The normalized spacial score (nSPS) is 10.1. The smallest absolute Gasteiger partial charge is 0.342 e. The lowest BCUT2D eigenvalue weighted by Gasteiger charge is -2.11. The lowest BCUT2D eigenvalue weighted by atomic mass is 10.1. The van der Waals surface area contributed by atoms with Crippen LogP contribution in [0.15, 0.2) is 54.6 Å². The Bertz CT molecular complexity index is 891. The zero-order valence-corrected chi connectivity index (χ0v) is 15.4. The first-order valence-electron chi connectivity index (χ1n) is 8.09. The van der Waals surface area contributed by atoms with E-state index >= 15 is 0 Å². The molecule has 0 atom stereocenters. The number of nitrogens with one attached hydrogen (secondary N) is 1. The third-order valence-corrected chi connectivity index (χ3v) is 3.83. The van der Waals surface area contributed by atoms with Crippen LogP contribution in [-0.2, 0) is 4.74 Å². The van der Waals surface area contributed by atoms with Gasteiger partial charge in [-0.25, -0.2) is 4.79 Å². The molecule has 0 amide bonds. The number of para-hydroxylation sites is 2. The number of aromatic nitrogens is 1. The fraction of sp³-hybridized carbons (Fsp3) is 0.150. The van der Waals surface area contributed by atoms with Crippen molar-refractivity contribution < 1.29 is 14.3 Å². The van der Waals surface area contributed by atoms with Crippen molar-refractivity contribution in [3.8, 4) is 22.8 Å². The Kier molecular flexibility index (Phi) is 6.31. The fourth-order valence-corrected chi connectivity index (χ4v) is 2.70. The Hall–Kier alpha value is -2.92. The summed E-state index contributed by atoms with van der Waals surface area (Å²) >= 11 is 0. The van der Waals surface area contributed by atoms with E-state index in [-0.39, 0.29) is 12.4 Å². The van der Waals surface area contributed by atoms with Crippen LogP contribution >= 0.6 is 12.4 Å². The monoisotopic (exact) mass is 372 g/mol. The molecule has 0 aliphatic carbocycles. The van der Waals surface area contributed by atoms with Crippen LogP contribution < -0.4 is 10.5 Å². The Morgan fingerprint density at radius 2 is 1.73 bits per heavy atom. The number of ether oxygens (including phenoxy) is 2. The van der Waals surface area contributed by atoms with Gasteiger partial charge < -0.3 is 20.2 Å². The third kappa shape index (κ3) is 3.83. The largest absolute Gasteiger partial charge is 0.462 e. The highest BCUT2D eigenvalue weighted by molar-refractivity contribution is 6.01. The van der Waals surface area contributed by atoms with E-state index in [1.165, 1.54) is 0 Å². The number of nitrogen functional groups attached to an aromatic ring is 1. The van der Waals surface area contributed by atoms with Gasteiger partial charge in [0.15, 0.2) is 0 Å². The number of halogens is 1. The number of esters is 1. The summed E-state index contributed by atoms with van der Waals surface area (Å²) in [6, 6.07) is 17.0. The standard InChI is InChI=1S/C20H20N2O3.ClH/c1-3-24-20(23)17-13(2)22-19(18(17)21)15-11-7-8-12-16(15)25-14-9-5-4-6-10-14;/h4-12,22H,3,21H2,1-2H3;1H. The van der Waals surface area contributed by atoms with Crippen LogP contribution in [0.1, 0.15) is 23.0 Å². The van der Waals surface area contributed by atoms with Crippen LogP contribution in [0.3, 0.4) is 0 Å². The number of nitrogens with two attached hydrogens (primary N) is 1. The molecule has 0 unspecified atom stereocenters. The SMILES string of the molecule is CCOC(=O)c1c(C)[nH]c(-c2ccccc2Oc2ccccc2)c1N.Cl. The number of aryl methyl sites for hydroxylation is 1. The van der Waals surface area contributed by atoms with Crippen molar-refractivity contribution in [1.82, 2.24) is 4.98 Å². The predicted octanol–water partition coefficient (Wildman–Crippen LogP) is 4.96. The van der Waals surface area contributed by atoms with E-state index in [0.29, 0.717) is 35.0 Å². The van der Waals surface area contributed by atoms with Crippen LogP contribution in [-0.4, -0.2) is 17.6 Å². The average Bonchev–Trinajstić information content (AvgIpc) is 2.91. The molecule has 1 heterocycles. The minimum absolute atomic E-state index is 0. The van der Waals surface area contributed by atoms with Crippen molar-refractivity contribution >= 4 is 24.1 Å². The Labute approximate surface area is 158 Å². The number of anilines is 1.